The smallest absolute Gasteiger partial charge is 0.286 e. The first-order valence-electron chi connectivity index (χ1n) is 9.45. The van der Waals surface area contributed by atoms with Gasteiger partial charge in [0, 0.05) is 18.5 Å². The summed E-state index contributed by atoms with van der Waals surface area (Å²) in [5.74, 6) is -0.0946. The minimum Gasteiger partial charge on any atom is -0.493 e. The van der Waals surface area contributed by atoms with E-state index in [0.29, 0.717) is 15.9 Å². The van der Waals surface area contributed by atoms with Gasteiger partial charge in [0.25, 0.3) is 17.2 Å². The molecule has 11 nitrogen and oxygen atoms in total. The molecule has 0 saturated heterocycles. The van der Waals surface area contributed by atoms with Gasteiger partial charge >= 0.3 is 0 Å². The summed E-state index contributed by atoms with van der Waals surface area (Å²) in [5.41, 5.74) is 1.91. The number of aromatic nitrogens is 3. The molecule has 1 aromatic carbocycles. The van der Waals surface area contributed by atoms with Gasteiger partial charge in [-0.05, 0) is 11.4 Å². The van der Waals surface area contributed by atoms with E-state index in [2.05, 4.69) is 15.0 Å². The summed E-state index contributed by atoms with van der Waals surface area (Å²) < 4.78 is 11.4. The lowest BCUT2D eigenvalue weighted by atomic mass is 10.1. The average Bonchev–Trinajstić information content (AvgIpc) is 3.48. The molecule has 0 fully saturated rings. The van der Waals surface area contributed by atoms with Crippen LogP contribution >= 0.6 is 22.7 Å². The number of thiophene rings is 1. The molecule has 4 rings (SSSR count). The van der Waals surface area contributed by atoms with E-state index in [1.165, 1.54) is 47.8 Å². The van der Waals surface area contributed by atoms with E-state index in [0.717, 1.165) is 6.07 Å². The molecule has 0 bridgehead atoms. The molecule has 0 aliphatic rings. The molecule has 1 amide bonds. The Labute approximate surface area is 194 Å². The molecule has 0 radical (unpaired) electrons. The van der Waals surface area contributed by atoms with Crippen molar-refractivity contribution in [3.8, 4) is 11.5 Å². The Morgan fingerprint density at radius 1 is 1.33 bits per heavy atom. The molecule has 3 heterocycles. The largest absolute Gasteiger partial charge is 0.493 e. The topological polar surface area (TPSA) is 141 Å². The number of fused-ring (bicyclic) bond motifs is 1. The highest BCUT2D eigenvalue weighted by molar-refractivity contribution is 7.17. The van der Waals surface area contributed by atoms with Crippen LogP contribution in [0.2, 0.25) is 0 Å². The van der Waals surface area contributed by atoms with Crippen LogP contribution in [0.4, 0.5) is 5.69 Å². The van der Waals surface area contributed by atoms with Gasteiger partial charge in [0.15, 0.2) is 11.5 Å². The summed E-state index contributed by atoms with van der Waals surface area (Å²) in [6.07, 6.45) is 0. The van der Waals surface area contributed by atoms with Crippen molar-refractivity contribution in [1.29, 1.82) is 0 Å². The molecule has 0 saturated carbocycles. The molecule has 1 N–H and O–H groups in total. The van der Waals surface area contributed by atoms with Crippen molar-refractivity contribution in [3.05, 3.63) is 72.0 Å². The normalized spacial score (nSPS) is 10.8. The van der Waals surface area contributed by atoms with Gasteiger partial charge in [-0.15, -0.1) is 22.7 Å². The second kappa shape index (κ2) is 9.34. The third kappa shape index (κ3) is 4.68. The van der Waals surface area contributed by atoms with Crippen LogP contribution in [0.3, 0.4) is 0 Å². The minimum absolute atomic E-state index is 0.0542. The van der Waals surface area contributed by atoms with Gasteiger partial charge in [-0.2, -0.15) is 0 Å². The Morgan fingerprint density at radius 3 is 2.85 bits per heavy atom. The number of amides is 1. The summed E-state index contributed by atoms with van der Waals surface area (Å²) in [7, 11) is 2.84. The van der Waals surface area contributed by atoms with E-state index in [1.54, 1.807) is 22.3 Å². The van der Waals surface area contributed by atoms with Crippen molar-refractivity contribution in [3.63, 3.8) is 0 Å². The van der Waals surface area contributed by atoms with Gasteiger partial charge in [-0.25, -0.2) is 9.97 Å². The zero-order chi connectivity index (χ0) is 23.5. The van der Waals surface area contributed by atoms with E-state index in [9.17, 15) is 19.7 Å². The highest BCUT2D eigenvalue weighted by atomic mass is 32.1. The first-order chi connectivity index (χ1) is 15.9. The number of benzene rings is 1. The Hall–Kier alpha value is -3.84. The van der Waals surface area contributed by atoms with Crippen LogP contribution in [0.15, 0.2) is 39.3 Å². The highest BCUT2D eigenvalue weighted by Crippen LogP contribution is 2.36. The molecule has 0 aliphatic heterocycles. The number of carbonyl (C=O) groups excluding carboxylic acids is 1. The number of nitro groups is 1. The van der Waals surface area contributed by atoms with Crippen LogP contribution < -0.4 is 15.0 Å². The molecule has 0 aliphatic carbocycles. The van der Waals surface area contributed by atoms with Gasteiger partial charge in [-0.3, -0.25) is 19.7 Å². The van der Waals surface area contributed by atoms with Crippen LogP contribution in [-0.4, -0.2) is 44.8 Å². The molecule has 0 unspecified atom stereocenters. The van der Waals surface area contributed by atoms with E-state index < -0.39 is 16.5 Å². The molecule has 33 heavy (non-hydrogen) atoms. The Balaban J connectivity index is 1.61. The lowest BCUT2D eigenvalue weighted by molar-refractivity contribution is -0.385. The van der Waals surface area contributed by atoms with Gasteiger partial charge in [0.05, 0.1) is 41.4 Å². The summed E-state index contributed by atoms with van der Waals surface area (Å²) in [6, 6.07) is 4.13. The van der Waals surface area contributed by atoms with Crippen molar-refractivity contribution < 1.29 is 19.2 Å². The number of hydrogen-bond acceptors (Lipinski definition) is 10. The number of hydrogen-bond donors (Lipinski definition) is 1. The zero-order valence-corrected chi connectivity index (χ0v) is 19.1. The number of methoxy groups -OCH3 is 1. The Kier molecular flexibility index (Phi) is 6.33. The second-order valence-electron chi connectivity index (χ2n) is 6.85. The first-order valence-corrected chi connectivity index (χ1v) is 11.3. The van der Waals surface area contributed by atoms with Crippen LogP contribution in [0.1, 0.15) is 21.9 Å². The monoisotopic (exact) mass is 487 g/mol. The van der Waals surface area contributed by atoms with Gasteiger partial charge < -0.3 is 19.4 Å². The number of nitrogens with zero attached hydrogens (tertiary/aromatic N) is 4. The fourth-order valence-electron chi connectivity index (χ4n) is 3.10. The number of aromatic amines is 1. The lowest BCUT2D eigenvalue weighted by Gasteiger charge is -2.18. The first kappa shape index (κ1) is 22.4. The second-order valence-corrected chi connectivity index (χ2v) is 8.49. The van der Waals surface area contributed by atoms with Crippen molar-refractivity contribution in [2.24, 2.45) is 0 Å². The molecular weight excluding hydrogens is 470 g/mol. The van der Waals surface area contributed by atoms with Gasteiger partial charge in [0.2, 0.25) is 0 Å². The molecule has 0 atom stereocenters. The van der Waals surface area contributed by atoms with Crippen molar-refractivity contribution >= 4 is 44.5 Å². The average molecular weight is 488 g/mol. The predicted molar refractivity (Wildman–Crippen MR) is 122 cm³/mol. The third-order valence-corrected chi connectivity index (χ3v) is 6.20. The fraction of sp³-hybridized carbons (Fsp3) is 0.200. The molecule has 13 heteroatoms. The number of nitro benzene ring substituents is 1. The summed E-state index contributed by atoms with van der Waals surface area (Å²) in [5, 5.41) is 15.3. The maximum Gasteiger partial charge on any atom is 0.286 e. The SMILES string of the molecule is COc1cc(C(=O)N(C)Cc2nc3ccsc3c(=O)[nH]2)c([N+](=O)[O-])cc1OCc1cscn1. The molecule has 0 spiro atoms. The zero-order valence-electron chi connectivity index (χ0n) is 17.4. The number of thiazole rings is 1. The van der Waals surface area contributed by atoms with Crippen LogP contribution in [0.5, 0.6) is 11.5 Å². The predicted octanol–water partition coefficient (Wildman–Crippen LogP) is 3.21. The molecular formula is C20H17N5O6S2. The number of ether oxygens (including phenoxy) is 2. The van der Waals surface area contributed by atoms with Crippen LogP contribution in [0, 0.1) is 10.1 Å². The number of H-pyrrole nitrogens is 1. The van der Waals surface area contributed by atoms with Gasteiger partial charge in [0.1, 0.15) is 22.7 Å². The molecule has 170 valence electrons. The van der Waals surface area contributed by atoms with E-state index in [1.807, 2.05) is 0 Å². The summed E-state index contributed by atoms with van der Waals surface area (Å²) >= 11 is 2.66. The van der Waals surface area contributed by atoms with E-state index in [-0.39, 0.29) is 41.6 Å². The third-order valence-electron chi connectivity index (χ3n) is 4.67. The standard InChI is InChI=1S/C20H17N5O6S2/c1-24(7-17-22-13-3-4-33-18(13)19(26)23-17)20(27)12-5-15(30-2)16(6-14(12)25(28)29)31-8-11-9-32-10-21-11/h3-6,9-10H,7-8H2,1-2H3,(H,22,23,26). The fourth-order valence-corrected chi connectivity index (χ4v) is 4.37. The van der Waals surface area contributed by atoms with Crippen molar-refractivity contribution in [2.45, 2.75) is 13.2 Å². The van der Waals surface area contributed by atoms with Crippen LogP contribution in [-0.2, 0) is 13.2 Å². The maximum atomic E-state index is 13.1. The highest BCUT2D eigenvalue weighted by Gasteiger charge is 2.27. The maximum absolute atomic E-state index is 13.1. The summed E-state index contributed by atoms with van der Waals surface area (Å²) in [4.78, 5) is 48.7. The van der Waals surface area contributed by atoms with Crippen molar-refractivity contribution in [2.75, 3.05) is 14.2 Å². The minimum atomic E-state index is -0.659. The Bertz CT molecular complexity index is 1380. The van der Waals surface area contributed by atoms with Gasteiger partial charge in [-0.1, -0.05) is 0 Å². The number of nitrogens with one attached hydrogen (secondary N) is 1. The Morgan fingerprint density at radius 2 is 2.15 bits per heavy atom. The lowest BCUT2D eigenvalue weighted by Crippen LogP contribution is -2.29. The van der Waals surface area contributed by atoms with Crippen molar-refractivity contribution in [1.82, 2.24) is 19.9 Å². The summed E-state index contributed by atoms with van der Waals surface area (Å²) in [6.45, 7) is 0.0374. The molecule has 3 aromatic heterocycles. The number of rotatable bonds is 8. The quantitative estimate of drug-likeness (QED) is 0.295. The van der Waals surface area contributed by atoms with E-state index in [4.69, 9.17) is 9.47 Å². The van der Waals surface area contributed by atoms with Crippen LogP contribution in [0.25, 0.3) is 10.2 Å². The number of carbonyl (C=O) groups is 1. The van der Waals surface area contributed by atoms with E-state index >= 15 is 0 Å². The molecule has 4 aromatic rings.